The largest absolute Gasteiger partial charge is 0.460 e. The Bertz CT molecular complexity index is 587. The molecule has 0 N–H and O–H groups in total. The molecule has 2 rings (SSSR count). The van der Waals surface area contributed by atoms with E-state index < -0.39 is 23.5 Å². The second-order valence-corrected chi connectivity index (χ2v) is 5.68. The van der Waals surface area contributed by atoms with E-state index in [-0.39, 0.29) is 23.7 Å². The summed E-state index contributed by atoms with van der Waals surface area (Å²) in [7, 11) is 0. The molecular formula is C17H19F3O3. The van der Waals surface area contributed by atoms with Gasteiger partial charge in [0.05, 0.1) is 12.2 Å². The van der Waals surface area contributed by atoms with E-state index in [0.29, 0.717) is 12.8 Å². The number of ether oxygens (including phenoxy) is 1. The zero-order valence-electron chi connectivity index (χ0n) is 12.9. The summed E-state index contributed by atoms with van der Waals surface area (Å²) in [6.45, 7) is 1.52. The minimum absolute atomic E-state index is 0.00312. The average Bonchev–Trinajstić information content (AvgIpc) is 2.54. The number of halogens is 3. The fourth-order valence-electron chi connectivity index (χ4n) is 3.03. The topological polar surface area (TPSA) is 43.4 Å². The molecule has 0 unspecified atom stereocenters. The molecule has 1 aromatic rings. The maximum Gasteiger partial charge on any atom is 0.416 e. The number of carbonyl (C=O) groups is 2. The average molecular weight is 328 g/mol. The highest BCUT2D eigenvalue weighted by atomic mass is 19.4. The minimum atomic E-state index is -4.56. The standard InChI is InChI=1S/C17H19F3O3/c1-2-23-16(22)15(21)12-8-9-13(11-6-4-3-5-7-11)14(10-12)17(18,19)20/h8-11H,2-7H2,1H3. The van der Waals surface area contributed by atoms with Crippen molar-refractivity contribution in [1.29, 1.82) is 0 Å². The van der Waals surface area contributed by atoms with Crippen molar-refractivity contribution in [3.8, 4) is 0 Å². The number of esters is 1. The molecule has 0 heterocycles. The maximum absolute atomic E-state index is 13.4. The number of benzene rings is 1. The van der Waals surface area contributed by atoms with Crippen LogP contribution in [0.1, 0.15) is 66.4 Å². The van der Waals surface area contributed by atoms with E-state index in [1.807, 2.05) is 0 Å². The third-order valence-electron chi connectivity index (χ3n) is 4.13. The van der Waals surface area contributed by atoms with Gasteiger partial charge in [-0.15, -0.1) is 0 Å². The van der Waals surface area contributed by atoms with Crippen LogP contribution in [-0.2, 0) is 15.7 Å². The van der Waals surface area contributed by atoms with Crippen LogP contribution in [-0.4, -0.2) is 18.4 Å². The molecule has 0 saturated heterocycles. The van der Waals surface area contributed by atoms with Crippen molar-refractivity contribution in [3.05, 3.63) is 34.9 Å². The molecule has 1 fully saturated rings. The Hall–Kier alpha value is -1.85. The lowest BCUT2D eigenvalue weighted by molar-refractivity contribution is -0.139. The first kappa shape index (κ1) is 17.5. The molecular weight excluding hydrogens is 309 g/mol. The van der Waals surface area contributed by atoms with Gasteiger partial charge >= 0.3 is 12.1 Å². The first-order valence-corrected chi connectivity index (χ1v) is 7.77. The van der Waals surface area contributed by atoms with Gasteiger partial charge < -0.3 is 4.74 Å². The van der Waals surface area contributed by atoms with Gasteiger partial charge in [-0.25, -0.2) is 4.79 Å². The summed E-state index contributed by atoms with van der Waals surface area (Å²) in [6.07, 6.45) is -0.269. The second kappa shape index (κ2) is 7.15. The number of rotatable bonds is 4. The van der Waals surface area contributed by atoms with Gasteiger partial charge in [0, 0.05) is 5.56 Å². The fourth-order valence-corrected chi connectivity index (χ4v) is 3.03. The van der Waals surface area contributed by atoms with Crippen LogP contribution in [0.3, 0.4) is 0 Å². The van der Waals surface area contributed by atoms with Crippen molar-refractivity contribution in [2.45, 2.75) is 51.1 Å². The van der Waals surface area contributed by atoms with Crippen molar-refractivity contribution < 1.29 is 27.5 Å². The molecule has 0 spiro atoms. The number of Topliss-reactive ketones (excluding diaryl/α,β-unsaturated/α-hetero) is 1. The van der Waals surface area contributed by atoms with Crippen molar-refractivity contribution >= 4 is 11.8 Å². The van der Waals surface area contributed by atoms with Gasteiger partial charge in [-0.3, -0.25) is 4.79 Å². The number of hydrogen-bond donors (Lipinski definition) is 0. The first-order valence-electron chi connectivity index (χ1n) is 7.77. The van der Waals surface area contributed by atoms with Gasteiger partial charge in [0.25, 0.3) is 5.78 Å². The van der Waals surface area contributed by atoms with E-state index in [1.54, 1.807) is 0 Å². The summed E-state index contributed by atoms with van der Waals surface area (Å²) < 4.78 is 44.7. The Morgan fingerprint density at radius 1 is 1.17 bits per heavy atom. The third-order valence-corrected chi connectivity index (χ3v) is 4.13. The predicted octanol–water partition coefficient (Wildman–Crippen LogP) is 4.50. The zero-order valence-corrected chi connectivity index (χ0v) is 12.9. The lowest BCUT2D eigenvalue weighted by atomic mass is 9.81. The number of carbonyl (C=O) groups excluding carboxylic acids is 2. The van der Waals surface area contributed by atoms with Crippen LogP contribution < -0.4 is 0 Å². The molecule has 1 aliphatic rings. The quantitative estimate of drug-likeness (QED) is 0.464. The molecule has 0 bridgehead atoms. The SMILES string of the molecule is CCOC(=O)C(=O)c1ccc(C2CCCCC2)c(C(F)(F)F)c1. The summed E-state index contributed by atoms with van der Waals surface area (Å²) in [5.41, 5.74) is -0.882. The van der Waals surface area contributed by atoms with Crippen LogP contribution in [0.2, 0.25) is 0 Å². The van der Waals surface area contributed by atoms with E-state index in [1.165, 1.54) is 19.1 Å². The predicted molar refractivity (Wildman–Crippen MR) is 78.2 cm³/mol. The molecule has 1 saturated carbocycles. The van der Waals surface area contributed by atoms with Crippen LogP contribution in [0.25, 0.3) is 0 Å². The van der Waals surface area contributed by atoms with E-state index in [2.05, 4.69) is 4.74 Å². The second-order valence-electron chi connectivity index (χ2n) is 5.68. The molecule has 3 nitrogen and oxygen atoms in total. The Kier molecular flexibility index (Phi) is 5.44. The van der Waals surface area contributed by atoms with Crippen LogP contribution >= 0.6 is 0 Å². The van der Waals surface area contributed by atoms with E-state index in [0.717, 1.165) is 25.3 Å². The lowest BCUT2D eigenvalue weighted by Crippen LogP contribution is -2.20. The summed E-state index contributed by atoms with van der Waals surface area (Å²) in [5, 5.41) is 0. The fraction of sp³-hybridized carbons (Fsp3) is 0.529. The van der Waals surface area contributed by atoms with Gasteiger partial charge in [0.1, 0.15) is 0 Å². The number of alkyl halides is 3. The number of hydrogen-bond acceptors (Lipinski definition) is 3. The molecule has 0 aliphatic heterocycles. The monoisotopic (exact) mass is 328 g/mol. The van der Waals surface area contributed by atoms with Gasteiger partial charge in [-0.05, 0) is 37.3 Å². The summed E-state index contributed by atoms with van der Waals surface area (Å²) in [4.78, 5) is 23.3. The molecule has 1 aromatic carbocycles. The van der Waals surface area contributed by atoms with Crippen LogP contribution in [0.4, 0.5) is 13.2 Å². The van der Waals surface area contributed by atoms with Gasteiger partial charge in [0.2, 0.25) is 0 Å². The van der Waals surface area contributed by atoms with Crippen molar-refractivity contribution in [3.63, 3.8) is 0 Å². The van der Waals surface area contributed by atoms with Crippen LogP contribution in [0.15, 0.2) is 18.2 Å². The van der Waals surface area contributed by atoms with Gasteiger partial charge in [-0.1, -0.05) is 31.4 Å². The highest BCUT2D eigenvalue weighted by Crippen LogP contribution is 2.41. The van der Waals surface area contributed by atoms with Crippen LogP contribution in [0, 0.1) is 0 Å². The number of ketones is 1. The summed E-state index contributed by atoms with van der Waals surface area (Å²) in [5.74, 6) is -2.33. The normalized spacial score (nSPS) is 16.2. The smallest absolute Gasteiger partial charge is 0.416 e. The van der Waals surface area contributed by atoms with Crippen molar-refractivity contribution in [2.24, 2.45) is 0 Å². The zero-order chi connectivity index (χ0) is 17.0. The van der Waals surface area contributed by atoms with E-state index in [4.69, 9.17) is 0 Å². The van der Waals surface area contributed by atoms with Gasteiger partial charge in [0.15, 0.2) is 0 Å². The first-order chi connectivity index (χ1) is 10.8. The van der Waals surface area contributed by atoms with Gasteiger partial charge in [-0.2, -0.15) is 13.2 Å². The van der Waals surface area contributed by atoms with E-state index in [9.17, 15) is 22.8 Å². The lowest BCUT2D eigenvalue weighted by Gasteiger charge is -2.25. The molecule has 0 radical (unpaired) electrons. The highest BCUT2D eigenvalue weighted by Gasteiger charge is 2.36. The molecule has 0 atom stereocenters. The third kappa shape index (κ3) is 4.12. The Balaban J connectivity index is 2.38. The summed E-state index contributed by atoms with van der Waals surface area (Å²) in [6, 6.07) is 3.41. The van der Waals surface area contributed by atoms with Crippen molar-refractivity contribution in [2.75, 3.05) is 6.61 Å². The minimum Gasteiger partial charge on any atom is -0.460 e. The molecule has 23 heavy (non-hydrogen) atoms. The summed E-state index contributed by atoms with van der Waals surface area (Å²) >= 11 is 0. The molecule has 1 aliphatic carbocycles. The molecule has 0 amide bonds. The Morgan fingerprint density at radius 2 is 1.83 bits per heavy atom. The molecule has 126 valence electrons. The van der Waals surface area contributed by atoms with Crippen molar-refractivity contribution in [1.82, 2.24) is 0 Å². The van der Waals surface area contributed by atoms with E-state index >= 15 is 0 Å². The Morgan fingerprint density at radius 3 is 2.39 bits per heavy atom. The molecule has 6 heteroatoms. The molecule has 0 aromatic heterocycles. The Labute approximate surface area is 132 Å². The maximum atomic E-state index is 13.4. The highest BCUT2D eigenvalue weighted by molar-refractivity contribution is 6.40. The van der Waals surface area contributed by atoms with Crippen LogP contribution in [0.5, 0.6) is 0 Å².